The number of nitrogens with zero attached hydrogens (tertiary/aromatic N) is 2. The second kappa shape index (κ2) is 15.1. The number of benzene rings is 4. The summed E-state index contributed by atoms with van der Waals surface area (Å²) in [6, 6.07) is 28.4. The van der Waals surface area contributed by atoms with E-state index in [1.807, 2.05) is 75.4 Å². The Morgan fingerprint density at radius 3 is 2.07 bits per heavy atom. The first-order valence-corrected chi connectivity index (χ1v) is 16.4. The summed E-state index contributed by atoms with van der Waals surface area (Å²) in [5.41, 5.74) is 2.89. The topological polar surface area (TPSA) is 96.0 Å². The molecular weight excluding hydrogens is 610 g/mol. The first-order chi connectivity index (χ1) is 21.5. The summed E-state index contributed by atoms with van der Waals surface area (Å²) in [7, 11) is -2.78. The molecule has 0 aliphatic heterocycles. The highest BCUT2D eigenvalue weighted by Crippen LogP contribution is 2.32. The second-order valence-electron chi connectivity index (χ2n) is 11.0. The second-order valence-corrected chi connectivity index (χ2v) is 13.3. The number of hydrogen-bond donors (Lipinski definition) is 1. The van der Waals surface area contributed by atoms with Crippen LogP contribution in [-0.4, -0.2) is 50.9 Å². The number of carbonyl (C=O) groups excluding carboxylic acids is 2. The van der Waals surface area contributed by atoms with Crippen molar-refractivity contribution in [1.29, 1.82) is 0 Å². The molecule has 4 aromatic carbocycles. The highest BCUT2D eigenvalue weighted by atomic mass is 35.5. The number of amides is 2. The minimum Gasteiger partial charge on any atom is -0.495 e. The van der Waals surface area contributed by atoms with Gasteiger partial charge in [0.1, 0.15) is 18.3 Å². The van der Waals surface area contributed by atoms with Gasteiger partial charge in [0, 0.05) is 19.0 Å². The van der Waals surface area contributed by atoms with Crippen LogP contribution in [-0.2, 0) is 32.6 Å². The van der Waals surface area contributed by atoms with Crippen molar-refractivity contribution in [3.05, 3.63) is 125 Å². The van der Waals surface area contributed by atoms with Crippen molar-refractivity contribution in [3.8, 4) is 5.75 Å². The van der Waals surface area contributed by atoms with Crippen LogP contribution in [0.1, 0.15) is 30.5 Å². The molecule has 0 unspecified atom stereocenters. The Bertz CT molecular complexity index is 1700. The summed E-state index contributed by atoms with van der Waals surface area (Å²) in [6.45, 7) is 5.18. The molecule has 1 N–H and O–H groups in total. The third-order valence-electron chi connectivity index (χ3n) is 7.21. The first-order valence-electron chi connectivity index (χ1n) is 14.6. The lowest BCUT2D eigenvalue weighted by Gasteiger charge is -2.34. The molecule has 0 saturated carbocycles. The Morgan fingerprint density at radius 2 is 1.49 bits per heavy atom. The highest BCUT2D eigenvalue weighted by molar-refractivity contribution is 7.92. The fourth-order valence-electron chi connectivity index (χ4n) is 4.88. The van der Waals surface area contributed by atoms with Gasteiger partial charge in [0.25, 0.3) is 10.0 Å². The summed E-state index contributed by atoms with van der Waals surface area (Å²) in [6.07, 6.45) is 0.233. The zero-order valence-corrected chi connectivity index (χ0v) is 27.4. The fourth-order valence-corrected chi connectivity index (χ4v) is 6.56. The maximum atomic E-state index is 14.5. The van der Waals surface area contributed by atoms with E-state index in [2.05, 4.69) is 5.32 Å². The van der Waals surface area contributed by atoms with Crippen LogP contribution < -0.4 is 14.4 Å². The molecule has 0 spiro atoms. The van der Waals surface area contributed by atoms with Gasteiger partial charge in [-0.05, 0) is 62.2 Å². The number of nitrogens with one attached hydrogen (secondary N) is 1. The van der Waals surface area contributed by atoms with Crippen molar-refractivity contribution in [1.82, 2.24) is 10.2 Å². The van der Waals surface area contributed by atoms with Crippen molar-refractivity contribution < 1.29 is 22.7 Å². The van der Waals surface area contributed by atoms with Gasteiger partial charge in [-0.15, -0.1) is 0 Å². The Labute approximate surface area is 270 Å². The van der Waals surface area contributed by atoms with Crippen LogP contribution in [0.4, 0.5) is 5.69 Å². The zero-order chi connectivity index (χ0) is 32.6. The lowest BCUT2D eigenvalue weighted by atomic mass is 10.0. The molecule has 236 valence electrons. The molecule has 1 atom stereocenters. The van der Waals surface area contributed by atoms with Crippen LogP contribution >= 0.6 is 11.6 Å². The number of halogens is 1. The minimum atomic E-state index is -4.24. The van der Waals surface area contributed by atoms with E-state index in [0.29, 0.717) is 5.75 Å². The number of hydrogen-bond acceptors (Lipinski definition) is 5. The van der Waals surface area contributed by atoms with E-state index in [0.717, 1.165) is 21.0 Å². The van der Waals surface area contributed by atoms with Gasteiger partial charge in [-0.25, -0.2) is 8.42 Å². The number of aryl methyl sites for hydroxylation is 1. The van der Waals surface area contributed by atoms with E-state index in [1.165, 1.54) is 36.3 Å². The molecule has 0 fully saturated rings. The smallest absolute Gasteiger partial charge is 0.264 e. The molecule has 0 aromatic heterocycles. The van der Waals surface area contributed by atoms with Gasteiger partial charge in [-0.1, -0.05) is 90.0 Å². The normalized spacial score (nSPS) is 12.0. The summed E-state index contributed by atoms with van der Waals surface area (Å²) < 4.78 is 34.5. The molecule has 0 aliphatic carbocycles. The molecule has 0 aliphatic rings. The van der Waals surface area contributed by atoms with E-state index in [1.54, 1.807) is 24.3 Å². The first kappa shape index (κ1) is 33.6. The number of sulfonamides is 1. The predicted octanol–water partition coefficient (Wildman–Crippen LogP) is 6.02. The van der Waals surface area contributed by atoms with Crippen molar-refractivity contribution in [3.63, 3.8) is 0 Å². The van der Waals surface area contributed by atoms with Gasteiger partial charge in [-0.3, -0.25) is 13.9 Å². The summed E-state index contributed by atoms with van der Waals surface area (Å²) in [4.78, 5) is 29.7. The molecule has 2 amide bonds. The third-order valence-corrected chi connectivity index (χ3v) is 9.29. The van der Waals surface area contributed by atoms with E-state index in [4.69, 9.17) is 16.3 Å². The average Bonchev–Trinajstić information content (AvgIpc) is 3.02. The summed E-state index contributed by atoms with van der Waals surface area (Å²) >= 11 is 6.42. The number of carbonyl (C=O) groups is 2. The van der Waals surface area contributed by atoms with Crippen molar-refractivity contribution in [2.75, 3.05) is 18.0 Å². The lowest BCUT2D eigenvalue weighted by Crippen LogP contribution is -2.54. The Hall–Kier alpha value is -4.34. The van der Waals surface area contributed by atoms with Gasteiger partial charge < -0.3 is 15.0 Å². The maximum absolute atomic E-state index is 14.5. The highest BCUT2D eigenvalue weighted by Gasteiger charge is 2.35. The van der Waals surface area contributed by atoms with Gasteiger partial charge in [0.2, 0.25) is 11.8 Å². The molecular formula is C35H38ClN3O5S. The maximum Gasteiger partial charge on any atom is 0.264 e. The quantitative estimate of drug-likeness (QED) is 0.192. The molecule has 4 rings (SSSR count). The minimum absolute atomic E-state index is 0.00760. The predicted molar refractivity (Wildman–Crippen MR) is 178 cm³/mol. The molecule has 0 saturated heterocycles. The number of ether oxygens (including phenoxy) is 1. The van der Waals surface area contributed by atoms with Gasteiger partial charge in [0.15, 0.2) is 0 Å². The van der Waals surface area contributed by atoms with Gasteiger partial charge in [-0.2, -0.15) is 0 Å². The average molecular weight is 648 g/mol. The van der Waals surface area contributed by atoms with Crippen molar-refractivity contribution in [2.45, 2.75) is 50.7 Å². The van der Waals surface area contributed by atoms with Crippen molar-refractivity contribution >= 4 is 39.1 Å². The van der Waals surface area contributed by atoms with E-state index >= 15 is 0 Å². The largest absolute Gasteiger partial charge is 0.495 e. The van der Waals surface area contributed by atoms with Crippen LogP contribution in [0, 0.1) is 6.92 Å². The van der Waals surface area contributed by atoms with E-state index in [9.17, 15) is 18.0 Å². The lowest BCUT2D eigenvalue weighted by molar-refractivity contribution is -0.140. The van der Waals surface area contributed by atoms with Crippen LogP contribution in [0.25, 0.3) is 0 Å². The van der Waals surface area contributed by atoms with E-state index in [-0.39, 0.29) is 40.5 Å². The molecule has 0 radical (unpaired) electrons. The molecule has 0 bridgehead atoms. The van der Waals surface area contributed by atoms with Crippen LogP contribution in [0.3, 0.4) is 0 Å². The summed E-state index contributed by atoms with van der Waals surface area (Å²) in [5.74, 6) is -0.529. The van der Waals surface area contributed by atoms with E-state index < -0.39 is 28.5 Å². The molecule has 4 aromatic rings. The number of methoxy groups -OCH3 is 1. The third kappa shape index (κ3) is 8.65. The molecule has 8 nitrogen and oxygen atoms in total. The Kier molecular flexibility index (Phi) is 11.3. The Morgan fingerprint density at radius 1 is 0.867 bits per heavy atom. The van der Waals surface area contributed by atoms with Crippen molar-refractivity contribution in [2.24, 2.45) is 0 Å². The zero-order valence-electron chi connectivity index (χ0n) is 25.8. The molecule has 10 heteroatoms. The van der Waals surface area contributed by atoms with Crippen LogP contribution in [0.5, 0.6) is 5.75 Å². The standard InChI is InChI=1S/C35H38ClN3O5S/c1-25(2)37-35(41)32(21-27-11-7-5-8-12-27)38(23-28-17-15-26(3)16-18-28)34(40)24-39(29-19-20-33(44-4)31(36)22-29)45(42,43)30-13-9-6-10-14-30/h5-20,22,25,32H,21,23-24H2,1-4H3,(H,37,41)/t32-/m1/s1. The fraction of sp³-hybridized carbons (Fsp3) is 0.257. The van der Waals surface area contributed by atoms with Crippen LogP contribution in [0.15, 0.2) is 108 Å². The SMILES string of the molecule is COc1ccc(N(CC(=O)N(Cc2ccc(C)cc2)[C@H](Cc2ccccc2)C(=O)NC(C)C)S(=O)(=O)c2ccccc2)cc1Cl. The number of rotatable bonds is 13. The monoisotopic (exact) mass is 647 g/mol. The van der Waals surface area contributed by atoms with Crippen LogP contribution in [0.2, 0.25) is 5.02 Å². The molecule has 45 heavy (non-hydrogen) atoms. The van der Waals surface area contributed by atoms with Gasteiger partial charge in [0.05, 0.1) is 22.7 Å². The summed E-state index contributed by atoms with van der Waals surface area (Å²) in [5, 5.41) is 3.14. The Balaban J connectivity index is 1.82. The van der Waals surface area contributed by atoms with Gasteiger partial charge >= 0.3 is 0 Å². The number of anilines is 1. The molecule has 0 heterocycles.